The van der Waals surface area contributed by atoms with Crippen LogP contribution in [-0.4, -0.2) is 17.6 Å². The lowest BCUT2D eigenvalue weighted by molar-refractivity contribution is 0.547. The molecule has 2 rings (SSSR count). The molecule has 0 radical (unpaired) electrons. The van der Waals surface area contributed by atoms with Gasteiger partial charge in [-0.2, -0.15) is 0 Å². The average Bonchev–Trinajstić information content (AvgIpc) is 2.71. The van der Waals surface area contributed by atoms with Crippen molar-refractivity contribution in [1.82, 2.24) is 10.3 Å². The number of halogens is 1. The van der Waals surface area contributed by atoms with E-state index in [1.807, 2.05) is 13.2 Å². The monoisotopic (exact) mass is 246 g/mol. The average molecular weight is 247 g/mol. The summed E-state index contributed by atoms with van der Waals surface area (Å²) in [6.07, 6.45) is 5.55. The van der Waals surface area contributed by atoms with Gasteiger partial charge in [0.05, 0.1) is 15.0 Å². The summed E-state index contributed by atoms with van der Waals surface area (Å²) in [4.78, 5) is 4.32. The highest BCUT2D eigenvalue weighted by atomic mass is 79.9. The fraction of sp³-hybridized carbons (Fsp3) is 0.625. The van der Waals surface area contributed by atoms with Crippen molar-refractivity contribution < 1.29 is 0 Å². The standard InChI is InChI=1S/C8H11BrN2S/c1-10-8(2-3-8)4-7-11-5-6(9)12-7/h5,10H,2-4H2,1H3. The van der Waals surface area contributed by atoms with Crippen LogP contribution in [0.2, 0.25) is 0 Å². The first kappa shape index (κ1) is 8.66. The normalized spacial score (nSPS) is 19.5. The van der Waals surface area contributed by atoms with E-state index in [0.29, 0.717) is 5.54 Å². The van der Waals surface area contributed by atoms with Gasteiger partial charge in [0.2, 0.25) is 0 Å². The summed E-state index contributed by atoms with van der Waals surface area (Å²) in [5.74, 6) is 0. The quantitative estimate of drug-likeness (QED) is 0.885. The maximum Gasteiger partial charge on any atom is 0.0955 e. The molecule has 0 amide bonds. The number of thiazole rings is 1. The Hall–Kier alpha value is 0.0700. The highest BCUT2D eigenvalue weighted by molar-refractivity contribution is 9.11. The molecule has 0 aromatic carbocycles. The summed E-state index contributed by atoms with van der Waals surface area (Å²) in [5.41, 5.74) is 0.386. The molecule has 66 valence electrons. The molecular formula is C8H11BrN2S. The molecule has 1 aliphatic carbocycles. The number of aromatic nitrogens is 1. The fourth-order valence-electron chi connectivity index (χ4n) is 1.33. The number of rotatable bonds is 3. The lowest BCUT2D eigenvalue weighted by atomic mass is 10.2. The summed E-state index contributed by atoms with van der Waals surface area (Å²) < 4.78 is 1.13. The van der Waals surface area contributed by atoms with Gasteiger partial charge in [0.25, 0.3) is 0 Å². The van der Waals surface area contributed by atoms with Crippen molar-refractivity contribution in [2.75, 3.05) is 7.05 Å². The second-order valence-electron chi connectivity index (χ2n) is 3.27. The first-order valence-corrected chi connectivity index (χ1v) is 5.64. The number of likely N-dealkylation sites (N-methyl/N-ethyl adjacent to an activating group) is 1. The van der Waals surface area contributed by atoms with Crippen LogP contribution < -0.4 is 5.32 Å². The molecule has 1 fully saturated rings. The minimum Gasteiger partial charge on any atom is -0.314 e. The molecule has 0 aliphatic heterocycles. The van der Waals surface area contributed by atoms with E-state index in [1.165, 1.54) is 17.8 Å². The van der Waals surface area contributed by atoms with Crippen molar-refractivity contribution in [3.8, 4) is 0 Å². The molecule has 1 aliphatic rings. The van der Waals surface area contributed by atoms with Gasteiger partial charge in [-0.3, -0.25) is 0 Å². The number of nitrogens with one attached hydrogen (secondary N) is 1. The van der Waals surface area contributed by atoms with E-state index in [9.17, 15) is 0 Å². The number of hydrogen-bond donors (Lipinski definition) is 1. The van der Waals surface area contributed by atoms with Gasteiger partial charge >= 0.3 is 0 Å². The van der Waals surface area contributed by atoms with E-state index in [-0.39, 0.29) is 0 Å². The third kappa shape index (κ3) is 1.70. The minimum atomic E-state index is 0.386. The van der Waals surface area contributed by atoms with E-state index in [0.717, 1.165) is 10.2 Å². The Morgan fingerprint density at radius 3 is 2.92 bits per heavy atom. The Labute approximate surface area is 84.5 Å². The van der Waals surface area contributed by atoms with Gasteiger partial charge in [0.15, 0.2) is 0 Å². The van der Waals surface area contributed by atoms with E-state index in [2.05, 4.69) is 26.2 Å². The molecule has 0 atom stereocenters. The summed E-state index contributed by atoms with van der Waals surface area (Å²) in [6.45, 7) is 0. The molecule has 0 unspecified atom stereocenters. The largest absolute Gasteiger partial charge is 0.314 e. The second-order valence-corrected chi connectivity index (χ2v) is 5.76. The van der Waals surface area contributed by atoms with Crippen LogP contribution in [0.25, 0.3) is 0 Å². The van der Waals surface area contributed by atoms with Crippen molar-refractivity contribution in [3.05, 3.63) is 15.0 Å². The minimum absolute atomic E-state index is 0.386. The predicted molar refractivity (Wildman–Crippen MR) is 54.5 cm³/mol. The molecule has 2 nitrogen and oxygen atoms in total. The SMILES string of the molecule is CNC1(Cc2ncc(Br)s2)CC1. The van der Waals surface area contributed by atoms with Crippen LogP contribution in [-0.2, 0) is 6.42 Å². The Morgan fingerprint density at radius 1 is 1.75 bits per heavy atom. The molecule has 0 saturated heterocycles. The van der Waals surface area contributed by atoms with Crippen LogP contribution >= 0.6 is 27.3 Å². The Bertz CT molecular complexity index is 280. The van der Waals surface area contributed by atoms with Crippen LogP contribution in [0.3, 0.4) is 0 Å². The van der Waals surface area contributed by atoms with Crippen LogP contribution in [0.15, 0.2) is 9.98 Å². The molecule has 1 N–H and O–H groups in total. The van der Waals surface area contributed by atoms with Gasteiger partial charge in [-0.25, -0.2) is 4.98 Å². The molecule has 12 heavy (non-hydrogen) atoms. The van der Waals surface area contributed by atoms with Crippen LogP contribution in [0.1, 0.15) is 17.8 Å². The van der Waals surface area contributed by atoms with Crippen LogP contribution in [0, 0.1) is 0 Å². The van der Waals surface area contributed by atoms with Crippen molar-refractivity contribution in [2.24, 2.45) is 0 Å². The smallest absolute Gasteiger partial charge is 0.0955 e. The zero-order valence-corrected chi connectivity index (χ0v) is 9.33. The molecule has 1 saturated carbocycles. The zero-order valence-electron chi connectivity index (χ0n) is 6.93. The number of hydrogen-bond acceptors (Lipinski definition) is 3. The molecule has 0 spiro atoms. The van der Waals surface area contributed by atoms with Crippen molar-refractivity contribution in [3.63, 3.8) is 0 Å². The van der Waals surface area contributed by atoms with Gasteiger partial charge in [-0.05, 0) is 35.8 Å². The highest BCUT2D eigenvalue weighted by Crippen LogP contribution is 2.39. The topological polar surface area (TPSA) is 24.9 Å². The lowest BCUT2D eigenvalue weighted by Crippen LogP contribution is -2.29. The molecule has 1 aromatic rings. The zero-order chi connectivity index (χ0) is 8.60. The first-order valence-electron chi connectivity index (χ1n) is 4.03. The molecule has 4 heteroatoms. The molecule has 1 aromatic heterocycles. The highest BCUT2D eigenvalue weighted by Gasteiger charge is 2.41. The summed E-state index contributed by atoms with van der Waals surface area (Å²) in [5, 5.41) is 4.59. The van der Waals surface area contributed by atoms with E-state index < -0.39 is 0 Å². The molecule has 1 heterocycles. The van der Waals surface area contributed by atoms with Crippen molar-refractivity contribution in [1.29, 1.82) is 0 Å². The fourth-order valence-corrected chi connectivity index (χ4v) is 2.77. The van der Waals surface area contributed by atoms with Crippen molar-refractivity contribution >= 4 is 27.3 Å². The van der Waals surface area contributed by atoms with Gasteiger partial charge < -0.3 is 5.32 Å². The Kier molecular flexibility index (Phi) is 2.23. The lowest BCUT2D eigenvalue weighted by Gasteiger charge is -2.10. The predicted octanol–water partition coefficient (Wildman–Crippen LogP) is 2.20. The van der Waals surface area contributed by atoms with Gasteiger partial charge in [0, 0.05) is 12.0 Å². The summed E-state index contributed by atoms with van der Waals surface area (Å²) in [7, 11) is 2.04. The molecule has 0 bridgehead atoms. The first-order chi connectivity index (χ1) is 5.74. The van der Waals surface area contributed by atoms with E-state index >= 15 is 0 Å². The van der Waals surface area contributed by atoms with Gasteiger partial charge in [0.1, 0.15) is 0 Å². The maximum absolute atomic E-state index is 4.32. The second kappa shape index (κ2) is 3.09. The van der Waals surface area contributed by atoms with Crippen molar-refractivity contribution in [2.45, 2.75) is 24.8 Å². The third-order valence-electron chi connectivity index (χ3n) is 2.40. The van der Waals surface area contributed by atoms with Crippen LogP contribution in [0.5, 0.6) is 0 Å². The Morgan fingerprint density at radius 2 is 2.50 bits per heavy atom. The Balaban J connectivity index is 2.04. The number of nitrogens with zero attached hydrogens (tertiary/aromatic N) is 1. The van der Waals surface area contributed by atoms with Gasteiger partial charge in [-0.1, -0.05) is 0 Å². The summed E-state index contributed by atoms with van der Waals surface area (Å²) >= 11 is 5.15. The summed E-state index contributed by atoms with van der Waals surface area (Å²) in [6, 6.07) is 0. The van der Waals surface area contributed by atoms with Crippen LogP contribution in [0.4, 0.5) is 0 Å². The third-order valence-corrected chi connectivity index (χ3v) is 3.87. The molecular weight excluding hydrogens is 236 g/mol. The maximum atomic E-state index is 4.32. The van der Waals surface area contributed by atoms with E-state index in [1.54, 1.807) is 11.3 Å². The van der Waals surface area contributed by atoms with Gasteiger partial charge in [-0.15, -0.1) is 11.3 Å². The van der Waals surface area contributed by atoms with E-state index in [4.69, 9.17) is 0 Å².